The third kappa shape index (κ3) is 3.64. The average molecular weight is 297 g/mol. The Labute approximate surface area is 121 Å². The maximum Gasteiger partial charge on any atom is 0.416 e. The second-order valence-corrected chi connectivity index (χ2v) is 4.89. The molecular formula is C15H18F3N3. The van der Waals surface area contributed by atoms with Crippen molar-refractivity contribution in [3.05, 3.63) is 47.3 Å². The summed E-state index contributed by atoms with van der Waals surface area (Å²) in [6.07, 6.45) is -1.52. The van der Waals surface area contributed by atoms with E-state index in [2.05, 4.69) is 17.3 Å². The van der Waals surface area contributed by atoms with Gasteiger partial charge in [-0.2, -0.15) is 18.3 Å². The summed E-state index contributed by atoms with van der Waals surface area (Å²) in [5.74, 6) is 0. The molecule has 3 nitrogen and oxygen atoms in total. The standard InChI is InChI=1S/C15H18F3N3/c1-3-8-19-9-12-10-20-21(11(12)2)14-6-4-13(5-7-14)15(16,17)18/h4-7,10,19H,3,8-9H2,1-2H3. The van der Waals surface area contributed by atoms with Gasteiger partial charge in [-0.05, 0) is 44.2 Å². The molecule has 21 heavy (non-hydrogen) atoms. The topological polar surface area (TPSA) is 29.9 Å². The largest absolute Gasteiger partial charge is 0.416 e. The minimum Gasteiger partial charge on any atom is -0.313 e. The summed E-state index contributed by atoms with van der Waals surface area (Å²) in [5.41, 5.74) is 1.95. The Morgan fingerprint density at radius 3 is 2.43 bits per heavy atom. The lowest BCUT2D eigenvalue weighted by atomic mass is 10.2. The Morgan fingerprint density at radius 2 is 1.86 bits per heavy atom. The molecule has 114 valence electrons. The molecule has 0 atom stereocenters. The molecule has 0 unspecified atom stereocenters. The summed E-state index contributed by atoms with van der Waals surface area (Å²) in [4.78, 5) is 0. The van der Waals surface area contributed by atoms with Crippen LogP contribution in [-0.4, -0.2) is 16.3 Å². The van der Waals surface area contributed by atoms with Crippen molar-refractivity contribution in [2.75, 3.05) is 6.54 Å². The van der Waals surface area contributed by atoms with Gasteiger partial charge in [0.15, 0.2) is 0 Å². The van der Waals surface area contributed by atoms with Crippen LogP contribution in [0.1, 0.15) is 30.2 Å². The zero-order valence-corrected chi connectivity index (χ0v) is 12.0. The van der Waals surface area contributed by atoms with Gasteiger partial charge in [-0.15, -0.1) is 0 Å². The van der Waals surface area contributed by atoms with Crippen LogP contribution in [0.25, 0.3) is 5.69 Å². The van der Waals surface area contributed by atoms with Crippen LogP contribution in [0.5, 0.6) is 0 Å². The Kier molecular flexibility index (Phi) is 4.67. The van der Waals surface area contributed by atoms with Crippen LogP contribution in [0.4, 0.5) is 13.2 Å². The van der Waals surface area contributed by atoms with E-state index in [1.54, 1.807) is 10.9 Å². The fourth-order valence-corrected chi connectivity index (χ4v) is 2.07. The molecule has 2 aromatic rings. The molecule has 0 aliphatic heterocycles. The molecule has 1 N–H and O–H groups in total. The number of alkyl halides is 3. The summed E-state index contributed by atoms with van der Waals surface area (Å²) in [6, 6.07) is 5.02. The van der Waals surface area contributed by atoms with Crippen molar-refractivity contribution in [2.45, 2.75) is 33.0 Å². The van der Waals surface area contributed by atoms with Crippen LogP contribution < -0.4 is 5.32 Å². The summed E-state index contributed by atoms with van der Waals surface area (Å²) in [6.45, 7) is 5.63. The first-order chi connectivity index (χ1) is 9.93. The fraction of sp³-hybridized carbons (Fsp3) is 0.400. The minimum atomic E-state index is -4.31. The molecule has 0 amide bonds. The zero-order chi connectivity index (χ0) is 15.5. The van der Waals surface area contributed by atoms with Gasteiger partial charge in [0, 0.05) is 17.8 Å². The summed E-state index contributed by atoms with van der Waals surface area (Å²) >= 11 is 0. The molecule has 0 spiro atoms. The molecule has 0 saturated carbocycles. The highest BCUT2D eigenvalue weighted by molar-refractivity contribution is 5.37. The molecule has 0 bridgehead atoms. The first-order valence-corrected chi connectivity index (χ1v) is 6.85. The number of hydrogen-bond acceptors (Lipinski definition) is 2. The van der Waals surface area contributed by atoms with Crippen molar-refractivity contribution in [3.8, 4) is 5.69 Å². The highest BCUT2D eigenvalue weighted by Crippen LogP contribution is 2.29. The van der Waals surface area contributed by atoms with E-state index >= 15 is 0 Å². The summed E-state index contributed by atoms with van der Waals surface area (Å²) in [5, 5.41) is 7.54. The summed E-state index contributed by atoms with van der Waals surface area (Å²) in [7, 11) is 0. The number of nitrogens with one attached hydrogen (secondary N) is 1. The van der Waals surface area contributed by atoms with E-state index in [1.165, 1.54) is 12.1 Å². The lowest BCUT2D eigenvalue weighted by Gasteiger charge is -2.09. The normalized spacial score (nSPS) is 11.9. The third-order valence-corrected chi connectivity index (χ3v) is 3.29. The van der Waals surface area contributed by atoms with Gasteiger partial charge in [-0.3, -0.25) is 0 Å². The molecule has 1 aromatic carbocycles. The molecule has 1 heterocycles. The highest BCUT2D eigenvalue weighted by atomic mass is 19.4. The zero-order valence-electron chi connectivity index (χ0n) is 12.0. The van der Waals surface area contributed by atoms with Crippen LogP contribution in [0.15, 0.2) is 30.5 Å². The lowest BCUT2D eigenvalue weighted by molar-refractivity contribution is -0.137. The highest BCUT2D eigenvalue weighted by Gasteiger charge is 2.30. The number of nitrogens with zero attached hydrogens (tertiary/aromatic N) is 2. The number of halogens is 3. The van der Waals surface area contributed by atoms with E-state index in [4.69, 9.17) is 0 Å². The van der Waals surface area contributed by atoms with Crippen LogP contribution in [0, 0.1) is 6.92 Å². The maximum absolute atomic E-state index is 12.5. The van der Waals surface area contributed by atoms with Crippen LogP contribution in [0.3, 0.4) is 0 Å². The van der Waals surface area contributed by atoms with Crippen molar-refractivity contribution >= 4 is 0 Å². The van der Waals surface area contributed by atoms with Crippen molar-refractivity contribution < 1.29 is 13.2 Å². The van der Waals surface area contributed by atoms with Crippen molar-refractivity contribution in [1.82, 2.24) is 15.1 Å². The maximum atomic E-state index is 12.5. The van der Waals surface area contributed by atoms with Gasteiger partial charge in [-0.25, -0.2) is 4.68 Å². The monoisotopic (exact) mass is 297 g/mol. The molecule has 1 aromatic heterocycles. The fourth-order valence-electron chi connectivity index (χ4n) is 2.07. The smallest absolute Gasteiger partial charge is 0.313 e. The van der Waals surface area contributed by atoms with E-state index in [0.717, 1.165) is 36.4 Å². The number of aromatic nitrogens is 2. The van der Waals surface area contributed by atoms with E-state index < -0.39 is 11.7 Å². The van der Waals surface area contributed by atoms with Gasteiger partial charge in [0.1, 0.15) is 0 Å². The average Bonchev–Trinajstić information content (AvgIpc) is 2.80. The number of rotatable bonds is 5. The third-order valence-electron chi connectivity index (χ3n) is 3.29. The predicted molar refractivity (Wildman–Crippen MR) is 75.3 cm³/mol. The minimum absolute atomic E-state index is 0.627. The Hall–Kier alpha value is -1.82. The van der Waals surface area contributed by atoms with Gasteiger partial charge >= 0.3 is 6.18 Å². The summed E-state index contributed by atoms with van der Waals surface area (Å²) < 4.78 is 39.3. The Bertz CT molecular complexity index is 585. The van der Waals surface area contributed by atoms with Crippen molar-refractivity contribution in [1.29, 1.82) is 0 Å². The number of benzene rings is 1. The number of hydrogen-bond donors (Lipinski definition) is 1. The van der Waals surface area contributed by atoms with Gasteiger partial charge in [0.25, 0.3) is 0 Å². The van der Waals surface area contributed by atoms with Crippen molar-refractivity contribution in [2.24, 2.45) is 0 Å². The van der Waals surface area contributed by atoms with Gasteiger partial charge < -0.3 is 5.32 Å². The molecule has 2 rings (SSSR count). The quantitative estimate of drug-likeness (QED) is 0.853. The molecule has 6 heteroatoms. The van der Waals surface area contributed by atoms with Crippen LogP contribution in [0.2, 0.25) is 0 Å². The van der Waals surface area contributed by atoms with Gasteiger partial charge in [0.2, 0.25) is 0 Å². The second kappa shape index (κ2) is 6.30. The van der Waals surface area contributed by atoms with Gasteiger partial charge in [0.05, 0.1) is 17.4 Å². The molecule has 0 saturated heterocycles. The van der Waals surface area contributed by atoms with Gasteiger partial charge in [-0.1, -0.05) is 6.92 Å². The van der Waals surface area contributed by atoms with Crippen LogP contribution in [-0.2, 0) is 12.7 Å². The molecule has 0 radical (unpaired) electrons. The molecule has 0 aliphatic rings. The first-order valence-electron chi connectivity index (χ1n) is 6.85. The molecule has 0 aliphatic carbocycles. The Balaban J connectivity index is 2.19. The lowest BCUT2D eigenvalue weighted by Crippen LogP contribution is -2.14. The predicted octanol–water partition coefficient (Wildman–Crippen LogP) is 3.70. The molecular weight excluding hydrogens is 279 g/mol. The van der Waals surface area contributed by atoms with E-state index in [9.17, 15) is 13.2 Å². The second-order valence-electron chi connectivity index (χ2n) is 4.89. The Morgan fingerprint density at radius 1 is 1.19 bits per heavy atom. The first kappa shape index (κ1) is 15.6. The SMILES string of the molecule is CCCNCc1cnn(-c2ccc(C(F)(F)F)cc2)c1C. The van der Waals surface area contributed by atoms with E-state index in [-0.39, 0.29) is 0 Å². The van der Waals surface area contributed by atoms with E-state index in [0.29, 0.717) is 12.2 Å². The molecule has 0 fully saturated rings. The van der Waals surface area contributed by atoms with Crippen LogP contribution >= 0.6 is 0 Å². The van der Waals surface area contributed by atoms with E-state index in [1.807, 2.05) is 6.92 Å². The van der Waals surface area contributed by atoms with Crippen molar-refractivity contribution in [3.63, 3.8) is 0 Å².